The van der Waals surface area contributed by atoms with Crippen LogP contribution in [-0.4, -0.2) is 29.5 Å². The molecule has 0 saturated carbocycles. The number of aromatic nitrogens is 1. The molecule has 92 valence electrons. The summed E-state index contributed by atoms with van der Waals surface area (Å²) < 4.78 is 0. The van der Waals surface area contributed by atoms with Crippen LogP contribution < -0.4 is 10.6 Å². The molecule has 17 heavy (non-hydrogen) atoms. The van der Waals surface area contributed by atoms with E-state index in [2.05, 4.69) is 22.5 Å². The standard InChI is InChI=1S/C13H19N3O/c1-10-9-11(3-6-15-10)12(17)16-13(2)4-7-14-8-5-13/h3,6,9,14H,4-5,7-8H2,1-2H3,(H,16,17). The zero-order valence-corrected chi connectivity index (χ0v) is 10.4. The topological polar surface area (TPSA) is 54.0 Å². The highest BCUT2D eigenvalue weighted by atomic mass is 16.1. The Kier molecular flexibility index (Phi) is 3.43. The molecule has 1 amide bonds. The monoisotopic (exact) mass is 233 g/mol. The fraction of sp³-hybridized carbons (Fsp3) is 0.538. The van der Waals surface area contributed by atoms with Crippen LogP contribution in [-0.2, 0) is 0 Å². The summed E-state index contributed by atoms with van der Waals surface area (Å²) in [7, 11) is 0. The molecule has 0 atom stereocenters. The van der Waals surface area contributed by atoms with Gasteiger partial charge in [-0.25, -0.2) is 0 Å². The quantitative estimate of drug-likeness (QED) is 0.808. The maximum Gasteiger partial charge on any atom is 0.251 e. The van der Waals surface area contributed by atoms with Crippen LogP contribution in [0.1, 0.15) is 35.8 Å². The van der Waals surface area contributed by atoms with Crippen molar-refractivity contribution in [1.29, 1.82) is 0 Å². The van der Waals surface area contributed by atoms with Gasteiger partial charge in [-0.3, -0.25) is 9.78 Å². The first-order valence-electron chi connectivity index (χ1n) is 6.05. The number of pyridine rings is 1. The SMILES string of the molecule is Cc1cc(C(=O)NC2(C)CCNCC2)ccn1. The molecule has 1 aromatic heterocycles. The molecule has 4 heteroatoms. The third-order valence-corrected chi connectivity index (χ3v) is 3.28. The first-order valence-corrected chi connectivity index (χ1v) is 6.05. The van der Waals surface area contributed by atoms with E-state index in [0.29, 0.717) is 5.56 Å². The predicted octanol–water partition coefficient (Wildman–Crippen LogP) is 1.26. The van der Waals surface area contributed by atoms with E-state index in [-0.39, 0.29) is 11.4 Å². The van der Waals surface area contributed by atoms with Crippen LogP contribution in [0.15, 0.2) is 18.3 Å². The van der Waals surface area contributed by atoms with E-state index in [9.17, 15) is 4.79 Å². The summed E-state index contributed by atoms with van der Waals surface area (Å²) in [6.07, 6.45) is 3.63. The minimum Gasteiger partial charge on any atom is -0.347 e. The number of aryl methyl sites for hydroxylation is 1. The van der Waals surface area contributed by atoms with Crippen molar-refractivity contribution in [2.24, 2.45) is 0 Å². The number of carbonyl (C=O) groups is 1. The Balaban J connectivity index is 2.06. The highest BCUT2D eigenvalue weighted by Crippen LogP contribution is 2.17. The Morgan fingerprint density at radius 3 is 2.82 bits per heavy atom. The number of hydrogen-bond donors (Lipinski definition) is 2. The van der Waals surface area contributed by atoms with Gasteiger partial charge in [0.05, 0.1) is 0 Å². The molecule has 0 unspecified atom stereocenters. The number of piperidine rings is 1. The van der Waals surface area contributed by atoms with E-state index in [1.807, 2.05) is 13.0 Å². The molecule has 1 aromatic rings. The van der Waals surface area contributed by atoms with Crippen molar-refractivity contribution in [2.45, 2.75) is 32.2 Å². The van der Waals surface area contributed by atoms with E-state index in [1.165, 1.54) is 0 Å². The number of rotatable bonds is 2. The lowest BCUT2D eigenvalue weighted by molar-refractivity contribution is 0.0887. The number of nitrogens with one attached hydrogen (secondary N) is 2. The highest BCUT2D eigenvalue weighted by Gasteiger charge is 2.28. The van der Waals surface area contributed by atoms with Crippen LogP contribution in [0.2, 0.25) is 0 Å². The average Bonchev–Trinajstić information content (AvgIpc) is 2.29. The predicted molar refractivity (Wildman–Crippen MR) is 66.9 cm³/mol. The van der Waals surface area contributed by atoms with Crippen LogP contribution in [0.4, 0.5) is 0 Å². The van der Waals surface area contributed by atoms with E-state index in [1.54, 1.807) is 12.3 Å². The van der Waals surface area contributed by atoms with Gasteiger partial charge in [-0.2, -0.15) is 0 Å². The van der Waals surface area contributed by atoms with Gasteiger partial charge in [0, 0.05) is 23.0 Å². The fourth-order valence-electron chi connectivity index (χ4n) is 2.14. The van der Waals surface area contributed by atoms with E-state index in [0.717, 1.165) is 31.6 Å². The Labute approximate surface area is 102 Å². The molecular weight excluding hydrogens is 214 g/mol. The Bertz CT molecular complexity index is 411. The normalized spacial score (nSPS) is 18.7. The van der Waals surface area contributed by atoms with E-state index < -0.39 is 0 Å². The maximum atomic E-state index is 12.1. The number of carbonyl (C=O) groups excluding carboxylic acids is 1. The minimum atomic E-state index is -0.0838. The molecule has 0 bridgehead atoms. The van der Waals surface area contributed by atoms with Crippen LogP contribution in [0.25, 0.3) is 0 Å². The van der Waals surface area contributed by atoms with Crippen molar-refractivity contribution in [1.82, 2.24) is 15.6 Å². The summed E-state index contributed by atoms with van der Waals surface area (Å²) in [5.41, 5.74) is 1.48. The van der Waals surface area contributed by atoms with Crippen LogP contribution >= 0.6 is 0 Å². The van der Waals surface area contributed by atoms with E-state index in [4.69, 9.17) is 0 Å². The zero-order chi connectivity index (χ0) is 12.3. The van der Waals surface area contributed by atoms with Crippen LogP contribution in [0.5, 0.6) is 0 Å². The molecule has 1 aliphatic heterocycles. The van der Waals surface area contributed by atoms with Gasteiger partial charge >= 0.3 is 0 Å². The number of hydrogen-bond acceptors (Lipinski definition) is 3. The van der Waals surface area contributed by atoms with E-state index >= 15 is 0 Å². The molecule has 1 aliphatic rings. The largest absolute Gasteiger partial charge is 0.347 e. The highest BCUT2D eigenvalue weighted by molar-refractivity contribution is 5.94. The van der Waals surface area contributed by atoms with Crippen LogP contribution in [0.3, 0.4) is 0 Å². The third-order valence-electron chi connectivity index (χ3n) is 3.28. The van der Waals surface area contributed by atoms with Crippen molar-refractivity contribution < 1.29 is 4.79 Å². The first-order chi connectivity index (χ1) is 8.09. The first kappa shape index (κ1) is 12.0. The Hall–Kier alpha value is -1.42. The number of amides is 1. The molecule has 2 heterocycles. The Morgan fingerprint density at radius 2 is 2.18 bits per heavy atom. The second-order valence-corrected chi connectivity index (χ2v) is 4.95. The lowest BCUT2D eigenvalue weighted by Gasteiger charge is -2.35. The fourth-order valence-corrected chi connectivity index (χ4v) is 2.14. The second kappa shape index (κ2) is 4.84. The lowest BCUT2D eigenvalue weighted by atomic mass is 9.90. The van der Waals surface area contributed by atoms with Gasteiger partial charge in [-0.1, -0.05) is 0 Å². The molecule has 2 rings (SSSR count). The molecule has 1 saturated heterocycles. The Morgan fingerprint density at radius 1 is 1.47 bits per heavy atom. The van der Waals surface area contributed by atoms with Gasteiger partial charge in [0.15, 0.2) is 0 Å². The van der Waals surface area contributed by atoms with Crippen molar-refractivity contribution in [3.8, 4) is 0 Å². The molecule has 0 spiro atoms. The minimum absolute atomic E-state index is 0.0000926. The summed E-state index contributed by atoms with van der Waals surface area (Å²) >= 11 is 0. The van der Waals surface area contributed by atoms with Gasteiger partial charge in [-0.05, 0) is 51.9 Å². The van der Waals surface area contributed by atoms with Crippen molar-refractivity contribution in [3.63, 3.8) is 0 Å². The summed E-state index contributed by atoms with van der Waals surface area (Å²) in [5, 5.41) is 6.43. The van der Waals surface area contributed by atoms with Crippen molar-refractivity contribution in [3.05, 3.63) is 29.6 Å². The second-order valence-electron chi connectivity index (χ2n) is 4.95. The van der Waals surface area contributed by atoms with Gasteiger partial charge in [0.1, 0.15) is 0 Å². The molecule has 2 N–H and O–H groups in total. The van der Waals surface area contributed by atoms with Gasteiger partial charge in [0.2, 0.25) is 0 Å². The maximum absolute atomic E-state index is 12.1. The molecule has 0 radical (unpaired) electrons. The molecule has 4 nitrogen and oxygen atoms in total. The summed E-state index contributed by atoms with van der Waals surface area (Å²) in [6, 6.07) is 3.58. The number of nitrogens with zero attached hydrogens (tertiary/aromatic N) is 1. The summed E-state index contributed by atoms with van der Waals surface area (Å²) in [4.78, 5) is 16.2. The molecule has 1 fully saturated rings. The van der Waals surface area contributed by atoms with Crippen molar-refractivity contribution in [2.75, 3.05) is 13.1 Å². The molecule has 0 aliphatic carbocycles. The van der Waals surface area contributed by atoms with Gasteiger partial charge < -0.3 is 10.6 Å². The average molecular weight is 233 g/mol. The third kappa shape index (κ3) is 3.03. The molecule has 0 aromatic carbocycles. The lowest BCUT2D eigenvalue weighted by Crippen LogP contribution is -2.52. The van der Waals surface area contributed by atoms with Gasteiger partial charge in [-0.15, -0.1) is 0 Å². The molecular formula is C13H19N3O. The van der Waals surface area contributed by atoms with Gasteiger partial charge in [0.25, 0.3) is 5.91 Å². The van der Waals surface area contributed by atoms with Crippen LogP contribution in [0, 0.1) is 6.92 Å². The summed E-state index contributed by atoms with van der Waals surface area (Å²) in [5.74, 6) is -0.0000926. The zero-order valence-electron chi connectivity index (χ0n) is 10.4. The van der Waals surface area contributed by atoms with Crippen molar-refractivity contribution >= 4 is 5.91 Å². The smallest absolute Gasteiger partial charge is 0.251 e. The summed E-state index contributed by atoms with van der Waals surface area (Å²) in [6.45, 7) is 5.93.